The number of halogens is 1. The van der Waals surface area contributed by atoms with Crippen LogP contribution < -0.4 is 10.1 Å². The van der Waals surface area contributed by atoms with Crippen molar-refractivity contribution in [1.29, 1.82) is 0 Å². The van der Waals surface area contributed by atoms with Gasteiger partial charge in [0.15, 0.2) is 5.16 Å². The lowest BCUT2D eigenvalue weighted by Gasteiger charge is -2.06. The van der Waals surface area contributed by atoms with Gasteiger partial charge in [0, 0.05) is 36.2 Å². The number of ether oxygens (including phenoxy) is 1. The standard InChI is InChI=1S/C21H21ClN6OS/c1-29-17-8-6-16(7-9-17)28-13-15(12-23-10-11-30-21-24-14-25-26-21)20(27-28)18-4-2-3-5-19(18)22/h2-9,13-14,23H,10-12H2,1H3,(H,24,25,26). The minimum atomic E-state index is 0.674. The van der Waals surface area contributed by atoms with Gasteiger partial charge in [0.2, 0.25) is 0 Å². The van der Waals surface area contributed by atoms with Crippen molar-refractivity contribution in [3.8, 4) is 22.7 Å². The summed E-state index contributed by atoms with van der Waals surface area (Å²) in [5.41, 5.74) is 3.81. The van der Waals surface area contributed by atoms with E-state index >= 15 is 0 Å². The normalized spacial score (nSPS) is 11.0. The van der Waals surface area contributed by atoms with E-state index in [-0.39, 0.29) is 0 Å². The number of hydrogen-bond donors (Lipinski definition) is 2. The van der Waals surface area contributed by atoms with Crippen LogP contribution in [0.25, 0.3) is 16.9 Å². The molecule has 4 rings (SSSR count). The number of thioether (sulfide) groups is 1. The summed E-state index contributed by atoms with van der Waals surface area (Å²) < 4.78 is 7.13. The minimum Gasteiger partial charge on any atom is -0.497 e. The topological polar surface area (TPSA) is 80.6 Å². The first-order valence-electron chi connectivity index (χ1n) is 9.41. The van der Waals surface area contributed by atoms with Gasteiger partial charge in [-0.3, -0.25) is 5.10 Å². The molecule has 0 radical (unpaired) electrons. The summed E-state index contributed by atoms with van der Waals surface area (Å²) in [6.45, 7) is 1.49. The highest BCUT2D eigenvalue weighted by Gasteiger charge is 2.14. The van der Waals surface area contributed by atoms with Crippen LogP contribution in [0.5, 0.6) is 5.75 Å². The van der Waals surface area contributed by atoms with E-state index in [1.807, 2.05) is 59.4 Å². The zero-order chi connectivity index (χ0) is 20.8. The Hall–Kier alpha value is -2.81. The van der Waals surface area contributed by atoms with E-state index in [4.69, 9.17) is 21.4 Å². The number of aromatic nitrogens is 5. The quantitative estimate of drug-likeness (QED) is 0.300. The molecule has 0 aliphatic carbocycles. The largest absolute Gasteiger partial charge is 0.497 e. The maximum absolute atomic E-state index is 6.46. The third kappa shape index (κ3) is 4.84. The van der Waals surface area contributed by atoms with E-state index < -0.39 is 0 Å². The predicted molar refractivity (Wildman–Crippen MR) is 119 cm³/mol. The third-order valence-electron chi connectivity index (χ3n) is 4.48. The molecule has 0 unspecified atom stereocenters. The van der Waals surface area contributed by atoms with Crippen LogP contribution in [-0.4, -0.2) is 44.4 Å². The number of H-pyrrole nitrogens is 1. The van der Waals surface area contributed by atoms with Crippen molar-refractivity contribution in [2.24, 2.45) is 0 Å². The molecule has 0 amide bonds. The summed E-state index contributed by atoms with van der Waals surface area (Å²) in [4.78, 5) is 4.12. The molecular formula is C21H21ClN6OS. The van der Waals surface area contributed by atoms with Crippen molar-refractivity contribution < 1.29 is 4.74 Å². The molecule has 0 fully saturated rings. The molecule has 2 aromatic heterocycles. The van der Waals surface area contributed by atoms with Gasteiger partial charge in [-0.1, -0.05) is 41.6 Å². The Morgan fingerprint density at radius 3 is 2.73 bits per heavy atom. The molecule has 9 heteroatoms. The Kier molecular flexibility index (Phi) is 6.68. The summed E-state index contributed by atoms with van der Waals surface area (Å²) in [6, 6.07) is 15.6. The van der Waals surface area contributed by atoms with Gasteiger partial charge in [-0.25, -0.2) is 9.67 Å². The lowest BCUT2D eigenvalue weighted by molar-refractivity contribution is 0.414. The monoisotopic (exact) mass is 440 g/mol. The van der Waals surface area contributed by atoms with Crippen molar-refractivity contribution >= 4 is 23.4 Å². The van der Waals surface area contributed by atoms with Crippen LogP contribution >= 0.6 is 23.4 Å². The predicted octanol–water partition coefficient (Wildman–Crippen LogP) is 4.20. The smallest absolute Gasteiger partial charge is 0.183 e. The first kappa shape index (κ1) is 20.5. The Labute approximate surface area is 183 Å². The highest BCUT2D eigenvalue weighted by molar-refractivity contribution is 7.99. The van der Waals surface area contributed by atoms with Gasteiger partial charge in [0.05, 0.1) is 23.5 Å². The first-order valence-corrected chi connectivity index (χ1v) is 10.8. The molecule has 4 aromatic rings. The highest BCUT2D eigenvalue weighted by Crippen LogP contribution is 2.30. The molecule has 30 heavy (non-hydrogen) atoms. The summed E-state index contributed by atoms with van der Waals surface area (Å²) in [5, 5.41) is 16.5. The van der Waals surface area contributed by atoms with Crippen LogP contribution in [0.2, 0.25) is 5.02 Å². The number of nitrogens with one attached hydrogen (secondary N) is 2. The maximum atomic E-state index is 6.46. The van der Waals surface area contributed by atoms with E-state index in [2.05, 4.69) is 20.5 Å². The van der Waals surface area contributed by atoms with Gasteiger partial charge in [-0.15, -0.1) is 0 Å². The van der Waals surface area contributed by atoms with Gasteiger partial charge in [-0.2, -0.15) is 10.2 Å². The van der Waals surface area contributed by atoms with Gasteiger partial charge < -0.3 is 10.1 Å². The molecular weight excluding hydrogens is 420 g/mol. The van der Waals surface area contributed by atoms with Crippen molar-refractivity contribution in [3.63, 3.8) is 0 Å². The van der Waals surface area contributed by atoms with Crippen molar-refractivity contribution in [1.82, 2.24) is 30.3 Å². The van der Waals surface area contributed by atoms with Crippen LogP contribution in [0.3, 0.4) is 0 Å². The highest BCUT2D eigenvalue weighted by atomic mass is 35.5. The molecule has 2 aromatic carbocycles. The van der Waals surface area contributed by atoms with Crippen molar-refractivity contribution in [3.05, 3.63) is 71.6 Å². The fourth-order valence-corrected chi connectivity index (χ4v) is 3.90. The SMILES string of the molecule is COc1ccc(-n2cc(CNCCSc3ncn[nH]3)c(-c3ccccc3Cl)n2)cc1. The Morgan fingerprint density at radius 1 is 1.17 bits per heavy atom. The van der Waals surface area contributed by atoms with E-state index in [0.717, 1.165) is 45.7 Å². The van der Waals surface area contributed by atoms with Crippen molar-refractivity contribution in [2.75, 3.05) is 19.4 Å². The van der Waals surface area contributed by atoms with E-state index in [1.165, 1.54) is 6.33 Å². The van der Waals surface area contributed by atoms with Crippen LogP contribution in [0.4, 0.5) is 0 Å². The van der Waals surface area contributed by atoms with Gasteiger partial charge in [-0.05, 0) is 30.3 Å². The van der Waals surface area contributed by atoms with E-state index in [1.54, 1.807) is 18.9 Å². The molecule has 7 nitrogen and oxygen atoms in total. The van der Waals surface area contributed by atoms with Crippen LogP contribution in [0.15, 0.2) is 66.2 Å². The Bertz CT molecular complexity index is 1080. The Morgan fingerprint density at radius 2 is 2.00 bits per heavy atom. The average molecular weight is 441 g/mol. The summed E-state index contributed by atoms with van der Waals surface area (Å²) in [5.74, 6) is 1.69. The molecule has 0 aliphatic heterocycles. The van der Waals surface area contributed by atoms with Crippen LogP contribution in [-0.2, 0) is 6.54 Å². The van der Waals surface area contributed by atoms with Gasteiger partial charge in [0.25, 0.3) is 0 Å². The lowest BCUT2D eigenvalue weighted by Crippen LogP contribution is -2.16. The molecule has 0 atom stereocenters. The average Bonchev–Trinajstić information content (AvgIpc) is 3.44. The number of methoxy groups -OCH3 is 1. The molecule has 0 bridgehead atoms. The maximum Gasteiger partial charge on any atom is 0.183 e. The number of benzene rings is 2. The lowest BCUT2D eigenvalue weighted by atomic mass is 10.1. The molecule has 154 valence electrons. The number of aromatic amines is 1. The second-order valence-corrected chi connectivity index (χ2v) is 7.93. The zero-order valence-electron chi connectivity index (χ0n) is 16.4. The Balaban J connectivity index is 1.52. The van der Waals surface area contributed by atoms with Crippen LogP contribution in [0.1, 0.15) is 5.56 Å². The second kappa shape index (κ2) is 9.80. The number of hydrogen-bond acceptors (Lipinski definition) is 6. The summed E-state index contributed by atoms with van der Waals surface area (Å²) in [7, 11) is 1.66. The zero-order valence-corrected chi connectivity index (χ0v) is 18.0. The van der Waals surface area contributed by atoms with Gasteiger partial charge in [0.1, 0.15) is 12.1 Å². The summed E-state index contributed by atoms with van der Waals surface area (Å²) >= 11 is 8.09. The molecule has 0 saturated heterocycles. The van der Waals surface area contributed by atoms with E-state index in [9.17, 15) is 0 Å². The molecule has 0 spiro atoms. The molecule has 0 saturated carbocycles. The van der Waals surface area contributed by atoms with Crippen LogP contribution in [0, 0.1) is 0 Å². The van der Waals surface area contributed by atoms with Gasteiger partial charge >= 0.3 is 0 Å². The fourth-order valence-electron chi connectivity index (χ4n) is 2.99. The molecule has 2 N–H and O–H groups in total. The number of nitrogens with zero attached hydrogens (tertiary/aromatic N) is 4. The molecule has 0 aliphatic rings. The summed E-state index contributed by atoms with van der Waals surface area (Å²) in [6.07, 6.45) is 3.55. The van der Waals surface area contributed by atoms with Crippen molar-refractivity contribution in [2.45, 2.75) is 11.7 Å². The minimum absolute atomic E-state index is 0.674. The second-order valence-electron chi connectivity index (χ2n) is 6.44. The van der Waals surface area contributed by atoms with E-state index in [0.29, 0.717) is 11.6 Å². The first-order chi connectivity index (χ1) is 14.7. The molecule has 2 heterocycles. The number of rotatable bonds is 9. The third-order valence-corrected chi connectivity index (χ3v) is 5.69. The fraction of sp³-hybridized carbons (Fsp3) is 0.190.